The van der Waals surface area contributed by atoms with Crippen LogP contribution in [0.15, 0.2) is 114 Å². The Morgan fingerprint density at radius 2 is 1.25 bits per heavy atom. The average molecular weight is 805 g/mol. The van der Waals surface area contributed by atoms with Gasteiger partial charge in [-0.1, -0.05) is 73.0 Å². The summed E-state index contributed by atoms with van der Waals surface area (Å²) in [5.74, 6) is 1.30. The molecule has 0 amide bonds. The van der Waals surface area contributed by atoms with E-state index in [9.17, 15) is 9.59 Å². The molecule has 3 aromatic carbocycles. The van der Waals surface area contributed by atoms with Gasteiger partial charge in [0.2, 0.25) is 0 Å². The lowest BCUT2D eigenvalue weighted by Crippen LogP contribution is -2.30. The highest BCUT2D eigenvalue weighted by Gasteiger charge is 2.25. The molecule has 10 rings (SSSR count). The maximum absolute atomic E-state index is 13.6. The van der Waals surface area contributed by atoms with Crippen molar-refractivity contribution in [2.24, 2.45) is 0 Å². The van der Waals surface area contributed by atoms with E-state index >= 15 is 0 Å². The molecule has 1 aliphatic carbocycles. The Balaban J connectivity index is 0.000000152. The van der Waals surface area contributed by atoms with E-state index in [1.165, 1.54) is 25.5 Å². The smallest absolute Gasteiger partial charge is 0.264 e. The van der Waals surface area contributed by atoms with Crippen molar-refractivity contribution in [2.75, 3.05) is 10.6 Å². The second kappa shape index (κ2) is 15.8. The van der Waals surface area contributed by atoms with Crippen molar-refractivity contribution in [3.05, 3.63) is 147 Å². The molecule has 14 nitrogen and oxygen atoms in total. The first-order valence-electron chi connectivity index (χ1n) is 19.6. The van der Waals surface area contributed by atoms with Crippen LogP contribution in [-0.2, 0) is 0 Å². The van der Waals surface area contributed by atoms with Crippen LogP contribution in [0.3, 0.4) is 0 Å². The highest BCUT2D eigenvalue weighted by Crippen LogP contribution is 2.34. The topological polar surface area (TPSA) is 177 Å². The number of fused-ring (bicyclic) bond motifs is 4. The molecule has 0 radical (unpaired) electrons. The summed E-state index contributed by atoms with van der Waals surface area (Å²) >= 11 is 6.38. The molecule has 2 unspecified atom stereocenters. The number of aryl methyl sites for hydroxylation is 1. The number of anilines is 2. The van der Waals surface area contributed by atoms with Crippen molar-refractivity contribution >= 4 is 67.1 Å². The molecule has 4 N–H and O–H groups in total. The molecule has 296 valence electrons. The average Bonchev–Trinajstić information content (AvgIpc) is 4.05. The maximum atomic E-state index is 13.6. The quantitative estimate of drug-likeness (QED) is 0.116. The van der Waals surface area contributed by atoms with Gasteiger partial charge in [0.25, 0.3) is 11.1 Å². The van der Waals surface area contributed by atoms with Crippen LogP contribution in [0, 0.1) is 6.92 Å². The predicted octanol–water partition coefficient (Wildman–Crippen LogP) is 8.75. The van der Waals surface area contributed by atoms with Gasteiger partial charge in [0, 0.05) is 23.1 Å². The lowest BCUT2D eigenvalue weighted by molar-refractivity contribution is 0.478. The SMILES string of the molecule is CC(Nc1ncnc2nc[nH]c12)c1cc2cccc(Cl)c2c(=O)n1-c1ccccc1.Cc1cccc2cc(C(C)Nc3ncnc4nc[nH]c34)n(C3CCCC3)c(=O)c12. The molecule has 59 heavy (non-hydrogen) atoms. The summed E-state index contributed by atoms with van der Waals surface area (Å²) in [5.41, 5.74) is 6.20. The van der Waals surface area contributed by atoms with Gasteiger partial charge in [-0.15, -0.1) is 0 Å². The molecule has 0 bridgehead atoms. The van der Waals surface area contributed by atoms with Crippen LogP contribution < -0.4 is 21.8 Å². The number of hydrogen-bond donors (Lipinski definition) is 4. The number of aromatic amines is 2. The van der Waals surface area contributed by atoms with E-state index in [0.29, 0.717) is 38.9 Å². The van der Waals surface area contributed by atoms with Gasteiger partial charge in [0.1, 0.15) is 23.7 Å². The monoisotopic (exact) mass is 804 g/mol. The van der Waals surface area contributed by atoms with Crippen LogP contribution in [0.25, 0.3) is 49.6 Å². The number of nitrogens with zero attached hydrogens (tertiary/aromatic N) is 8. The maximum Gasteiger partial charge on any atom is 0.264 e. The molecule has 9 aromatic rings. The second-order valence-corrected chi connectivity index (χ2v) is 15.3. The number of imidazole rings is 2. The molecular formula is C44H41ClN12O2. The van der Waals surface area contributed by atoms with Gasteiger partial charge >= 0.3 is 0 Å². The van der Waals surface area contributed by atoms with Gasteiger partial charge in [-0.25, -0.2) is 29.9 Å². The van der Waals surface area contributed by atoms with E-state index in [1.807, 2.05) is 85.1 Å². The first kappa shape index (κ1) is 37.6. The zero-order valence-electron chi connectivity index (χ0n) is 32.6. The van der Waals surface area contributed by atoms with Crippen LogP contribution in [-0.4, -0.2) is 49.0 Å². The van der Waals surface area contributed by atoms with Gasteiger partial charge in [0.15, 0.2) is 22.9 Å². The van der Waals surface area contributed by atoms with E-state index in [2.05, 4.69) is 63.5 Å². The minimum atomic E-state index is -0.248. The molecule has 0 spiro atoms. The summed E-state index contributed by atoms with van der Waals surface area (Å²) in [6.07, 6.45) is 10.6. The normalized spacial score (nSPS) is 14.1. The summed E-state index contributed by atoms with van der Waals surface area (Å²) in [4.78, 5) is 58.7. The summed E-state index contributed by atoms with van der Waals surface area (Å²) in [6.45, 7) is 6.07. The number of halogens is 1. The number of benzene rings is 3. The number of H-pyrrole nitrogens is 2. The number of rotatable bonds is 8. The molecule has 1 fully saturated rings. The Labute approximate surface area is 342 Å². The molecule has 1 saturated carbocycles. The molecule has 15 heteroatoms. The first-order chi connectivity index (χ1) is 28.8. The van der Waals surface area contributed by atoms with E-state index < -0.39 is 0 Å². The molecule has 1 aliphatic rings. The van der Waals surface area contributed by atoms with Crippen molar-refractivity contribution < 1.29 is 0 Å². The van der Waals surface area contributed by atoms with E-state index in [0.717, 1.165) is 57.2 Å². The van der Waals surface area contributed by atoms with Crippen molar-refractivity contribution in [3.8, 4) is 5.69 Å². The fraction of sp³-hybridized carbons (Fsp3) is 0.227. The minimum absolute atomic E-state index is 0.102. The Morgan fingerprint density at radius 3 is 1.90 bits per heavy atom. The lowest BCUT2D eigenvalue weighted by Gasteiger charge is -2.25. The minimum Gasteiger partial charge on any atom is -0.360 e. The summed E-state index contributed by atoms with van der Waals surface area (Å²) in [6, 6.07) is 25.1. The molecule has 2 atom stereocenters. The van der Waals surface area contributed by atoms with E-state index in [4.69, 9.17) is 11.6 Å². The first-order valence-corrected chi connectivity index (χ1v) is 20.0. The summed E-state index contributed by atoms with van der Waals surface area (Å²) in [5, 5.41) is 10.4. The van der Waals surface area contributed by atoms with Gasteiger partial charge < -0.3 is 25.2 Å². The van der Waals surface area contributed by atoms with Crippen LogP contribution in [0.4, 0.5) is 11.6 Å². The standard InChI is InChI=1S/C22H17ClN6O.C22H24N6O/c1-13(28-21-19-20(25-11-24-19)26-12-27-21)17-10-14-6-5-9-16(23)18(14)22(30)29(17)15-7-3-2-4-8-15;1-13-6-5-7-15-10-17(28(22(29)18(13)15)16-8-3-4-9-16)14(2)27-21-19-20(24-11-23-19)25-12-26-21/h2-13H,1H3,(H2,24,25,26,27,28);5-7,10-12,14,16H,3-4,8-9H2,1-2H3,(H2,23,24,25,26,27). The van der Waals surface area contributed by atoms with Crippen LogP contribution in [0.1, 0.15) is 74.6 Å². The summed E-state index contributed by atoms with van der Waals surface area (Å²) in [7, 11) is 0. The summed E-state index contributed by atoms with van der Waals surface area (Å²) < 4.78 is 3.72. The van der Waals surface area contributed by atoms with E-state index in [1.54, 1.807) is 23.3 Å². The number of para-hydroxylation sites is 1. The number of nitrogens with one attached hydrogen (secondary N) is 4. The lowest BCUT2D eigenvalue weighted by atomic mass is 10.0. The van der Waals surface area contributed by atoms with Crippen molar-refractivity contribution in [3.63, 3.8) is 0 Å². The molecule has 6 aromatic heterocycles. The fourth-order valence-corrected chi connectivity index (χ4v) is 8.51. The highest BCUT2D eigenvalue weighted by molar-refractivity contribution is 6.35. The van der Waals surface area contributed by atoms with Gasteiger partial charge in [-0.3, -0.25) is 14.2 Å². The third-order valence-corrected chi connectivity index (χ3v) is 11.4. The molecule has 6 heterocycles. The third kappa shape index (κ3) is 7.05. The van der Waals surface area contributed by atoms with Crippen molar-refractivity contribution in [2.45, 2.75) is 64.6 Å². The van der Waals surface area contributed by atoms with Gasteiger partial charge in [0.05, 0.1) is 40.5 Å². The number of aromatic nitrogens is 10. The number of hydrogen-bond acceptors (Lipinski definition) is 10. The fourth-order valence-electron chi connectivity index (χ4n) is 8.25. The Hall–Kier alpha value is -6.93. The van der Waals surface area contributed by atoms with Crippen molar-refractivity contribution in [1.82, 2.24) is 49.0 Å². The zero-order chi connectivity index (χ0) is 40.6. The largest absolute Gasteiger partial charge is 0.360 e. The predicted molar refractivity (Wildman–Crippen MR) is 232 cm³/mol. The molecule has 0 saturated heterocycles. The van der Waals surface area contributed by atoms with Crippen molar-refractivity contribution in [1.29, 1.82) is 0 Å². The Kier molecular flexibility index (Phi) is 10.1. The van der Waals surface area contributed by atoms with Gasteiger partial charge in [-0.2, -0.15) is 0 Å². The Bertz CT molecular complexity index is 3100. The third-order valence-electron chi connectivity index (χ3n) is 11.1. The molecule has 0 aliphatic heterocycles. The second-order valence-electron chi connectivity index (χ2n) is 14.9. The van der Waals surface area contributed by atoms with Crippen LogP contribution >= 0.6 is 11.6 Å². The molecular weight excluding hydrogens is 764 g/mol. The van der Waals surface area contributed by atoms with Crippen LogP contribution in [0.2, 0.25) is 5.02 Å². The van der Waals surface area contributed by atoms with E-state index in [-0.39, 0.29) is 29.2 Å². The number of pyridine rings is 2. The van der Waals surface area contributed by atoms with Gasteiger partial charge in [-0.05, 0) is 80.3 Å². The van der Waals surface area contributed by atoms with Crippen LogP contribution in [0.5, 0.6) is 0 Å². The highest BCUT2D eigenvalue weighted by atomic mass is 35.5. The zero-order valence-corrected chi connectivity index (χ0v) is 33.4. The Morgan fingerprint density at radius 1 is 0.678 bits per heavy atom.